The summed E-state index contributed by atoms with van der Waals surface area (Å²) in [5.74, 6) is -0.405. The van der Waals surface area contributed by atoms with E-state index in [1.165, 1.54) is 30.4 Å². The summed E-state index contributed by atoms with van der Waals surface area (Å²) in [6, 6.07) is 21.4. The summed E-state index contributed by atoms with van der Waals surface area (Å²) in [7, 11) is -2.58. The first kappa shape index (κ1) is 35.5. The highest BCUT2D eigenvalue weighted by Crippen LogP contribution is 2.37. The minimum absolute atomic E-state index is 0.0208. The van der Waals surface area contributed by atoms with Crippen LogP contribution in [0.25, 0.3) is 10.8 Å². The lowest BCUT2D eigenvalue weighted by Crippen LogP contribution is -2.50. The molecule has 2 aliphatic rings. The van der Waals surface area contributed by atoms with Crippen molar-refractivity contribution in [1.82, 2.24) is 9.21 Å². The molecule has 268 valence electrons. The molecule has 6 rings (SSSR count). The van der Waals surface area contributed by atoms with Crippen molar-refractivity contribution < 1.29 is 41.7 Å². The molecule has 0 saturated heterocycles. The van der Waals surface area contributed by atoms with Crippen molar-refractivity contribution >= 4 is 50.1 Å². The summed E-state index contributed by atoms with van der Waals surface area (Å²) in [4.78, 5) is 40.8. The molecule has 2 aliphatic heterocycles. The first-order valence-corrected chi connectivity index (χ1v) is 18.0. The first-order chi connectivity index (χ1) is 24.4. The van der Waals surface area contributed by atoms with Crippen LogP contribution in [0.3, 0.4) is 0 Å². The molecule has 0 aromatic heterocycles. The van der Waals surface area contributed by atoms with E-state index >= 15 is 0 Å². The van der Waals surface area contributed by atoms with Crippen molar-refractivity contribution in [2.75, 3.05) is 50.6 Å². The summed E-state index contributed by atoms with van der Waals surface area (Å²) in [5.41, 5.74) is 0.953. The van der Waals surface area contributed by atoms with Gasteiger partial charge >= 0.3 is 12.0 Å². The quantitative estimate of drug-likeness (QED) is 0.218. The van der Waals surface area contributed by atoms with Crippen molar-refractivity contribution in [3.05, 3.63) is 84.4 Å². The van der Waals surface area contributed by atoms with E-state index in [4.69, 9.17) is 18.9 Å². The van der Waals surface area contributed by atoms with Gasteiger partial charge in [-0.25, -0.2) is 13.2 Å². The average Bonchev–Trinajstić information content (AvgIpc) is 3.12. The van der Waals surface area contributed by atoms with Crippen LogP contribution < -0.4 is 24.8 Å². The van der Waals surface area contributed by atoms with Gasteiger partial charge in [0.2, 0.25) is 10.0 Å². The number of hydrogen-bond donors (Lipinski definition) is 2. The molecule has 2 heterocycles. The average molecular weight is 717 g/mol. The Labute approximate surface area is 296 Å². The lowest BCUT2D eigenvalue weighted by atomic mass is 9.99. The minimum atomic E-state index is -4.03. The number of nitrogens with one attached hydrogen (secondary N) is 2. The highest BCUT2D eigenvalue weighted by molar-refractivity contribution is 7.89. The number of nitrogens with zero attached hydrogens (tertiary/aromatic N) is 2. The van der Waals surface area contributed by atoms with Gasteiger partial charge in [-0.1, -0.05) is 49.4 Å². The number of rotatable bonds is 9. The molecule has 0 fully saturated rings. The summed E-state index contributed by atoms with van der Waals surface area (Å²) < 4.78 is 51.9. The molecule has 0 bridgehead atoms. The van der Waals surface area contributed by atoms with Crippen molar-refractivity contribution in [3.63, 3.8) is 0 Å². The van der Waals surface area contributed by atoms with Crippen LogP contribution in [0.5, 0.6) is 17.2 Å². The molecule has 4 aromatic carbocycles. The fourth-order valence-corrected chi connectivity index (χ4v) is 7.31. The number of fused-ring (bicyclic) bond motifs is 3. The van der Waals surface area contributed by atoms with E-state index in [-0.39, 0.29) is 41.6 Å². The van der Waals surface area contributed by atoms with Crippen LogP contribution in [0, 0.1) is 5.92 Å². The van der Waals surface area contributed by atoms with E-state index in [0.29, 0.717) is 30.4 Å². The van der Waals surface area contributed by atoms with Crippen LogP contribution in [0.2, 0.25) is 0 Å². The fraction of sp³-hybridized carbons (Fsp3) is 0.324. The van der Waals surface area contributed by atoms with Gasteiger partial charge in [0.05, 0.1) is 34.4 Å². The van der Waals surface area contributed by atoms with Gasteiger partial charge in [0, 0.05) is 37.9 Å². The zero-order chi connectivity index (χ0) is 36.3. The van der Waals surface area contributed by atoms with E-state index in [1.807, 2.05) is 43.3 Å². The predicted molar refractivity (Wildman–Crippen MR) is 191 cm³/mol. The SMILES string of the molecule is CC(=O)OC[C@H](C)N1C[C@@H](C)[C@H](CN(C)S(=O)(=O)c2ccc3c(c2)OCCO3)Oc2c(NC(=O)Nc3cccc4ccccc34)cccc2C1=O. The Morgan fingerprint density at radius 3 is 2.43 bits per heavy atom. The Morgan fingerprint density at radius 1 is 0.961 bits per heavy atom. The summed E-state index contributed by atoms with van der Waals surface area (Å²) in [6.45, 7) is 5.61. The second-order valence-electron chi connectivity index (χ2n) is 12.6. The van der Waals surface area contributed by atoms with Crippen LogP contribution in [0.1, 0.15) is 31.1 Å². The smallest absolute Gasteiger partial charge is 0.323 e. The van der Waals surface area contributed by atoms with Crippen LogP contribution in [-0.2, 0) is 19.6 Å². The molecule has 0 unspecified atom stereocenters. The van der Waals surface area contributed by atoms with Crippen LogP contribution >= 0.6 is 0 Å². The number of ether oxygens (including phenoxy) is 4. The van der Waals surface area contributed by atoms with Gasteiger partial charge in [0.1, 0.15) is 25.9 Å². The third-order valence-electron chi connectivity index (χ3n) is 8.90. The Morgan fingerprint density at radius 2 is 1.65 bits per heavy atom. The summed E-state index contributed by atoms with van der Waals surface area (Å²) >= 11 is 0. The molecule has 0 radical (unpaired) electrons. The molecule has 0 saturated carbocycles. The van der Waals surface area contributed by atoms with Crippen LogP contribution in [0.4, 0.5) is 16.2 Å². The number of para-hydroxylation sites is 1. The topological polar surface area (TPSA) is 153 Å². The molecule has 13 nitrogen and oxygen atoms in total. The van der Waals surface area contributed by atoms with Gasteiger partial charge in [-0.05, 0) is 42.6 Å². The Kier molecular flexibility index (Phi) is 10.3. The molecule has 3 amide bonds. The zero-order valence-corrected chi connectivity index (χ0v) is 29.6. The number of carbonyl (C=O) groups excluding carboxylic acids is 3. The monoisotopic (exact) mass is 716 g/mol. The Balaban J connectivity index is 1.32. The number of hydrogen-bond acceptors (Lipinski definition) is 9. The number of esters is 1. The van der Waals surface area contributed by atoms with Gasteiger partial charge in [-0.3, -0.25) is 9.59 Å². The molecular formula is C37H40N4O9S. The number of sulfonamides is 1. The van der Waals surface area contributed by atoms with Gasteiger partial charge in [0.15, 0.2) is 17.2 Å². The maximum atomic E-state index is 14.1. The number of carbonyl (C=O) groups is 3. The maximum absolute atomic E-state index is 14.1. The van der Waals surface area contributed by atoms with E-state index < -0.39 is 46.0 Å². The van der Waals surface area contributed by atoms with Gasteiger partial charge in [-0.15, -0.1) is 0 Å². The zero-order valence-electron chi connectivity index (χ0n) is 28.8. The van der Waals surface area contributed by atoms with Gasteiger partial charge < -0.3 is 34.5 Å². The van der Waals surface area contributed by atoms with Gasteiger partial charge in [0.25, 0.3) is 5.91 Å². The molecule has 3 atom stereocenters. The van der Waals surface area contributed by atoms with Crippen molar-refractivity contribution in [1.29, 1.82) is 0 Å². The maximum Gasteiger partial charge on any atom is 0.323 e. The number of anilines is 2. The number of benzene rings is 4. The molecule has 2 N–H and O–H groups in total. The molecule has 4 aromatic rings. The van der Waals surface area contributed by atoms with E-state index in [0.717, 1.165) is 10.8 Å². The van der Waals surface area contributed by atoms with E-state index in [2.05, 4.69) is 10.6 Å². The van der Waals surface area contributed by atoms with Crippen LogP contribution in [0.15, 0.2) is 83.8 Å². The van der Waals surface area contributed by atoms with Crippen molar-refractivity contribution in [3.8, 4) is 17.2 Å². The standard InChI is InChI=1S/C37H40N4O9S/c1-23-20-41(24(2)22-49-25(3)42)36(43)29-12-8-14-31(39-37(44)38-30-13-7-10-26-9-5-6-11-28(26)30)35(29)50-34(23)21-40(4)51(45,46)27-15-16-32-33(19-27)48-18-17-47-32/h5-16,19,23-24,34H,17-18,20-22H2,1-4H3,(H2,38,39,44)/t23-,24+,34+/m1/s1. The minimum Gasteiger partial charge on any atom is -0.486 e. The normalized spacial score (nSPS) is 17.8. The number of urea groups is 1. The fourth-order valence-electron chi connectivity index (χ4n) is 6.11. The Hall–Kier alpha value is -5.34. The number of likely N-dealkylation sites (N-methyl/N-ethyl adjacent to an activating group) is 1. The molecule has 0 spiro atoms. The third kappa shape index (κ3) is 7.71. The lowest BCUT2D eigenvalue weighted by Gasteiger charge is -2.38. The molecule has 51 heavy (non-hydrogen) atoms. The third-order valence-corrected chi connectivity index (χ3v) is 10.7. The second-order valence-corrected chi connectivity index (χ2v) is 14.7. The largest absolute Gasteiger partial charge is 0.486 e. The highest BCUT2D eigenvalue weighted by atomic mass is 32.2. The van der Waals surface area contributed by atoms with E-state index in [1.54, 1.807) is 42.2 Å². The predicted octanol–water partition coefficient (Wildman–Crippen LogP) is 5.37. The van der Waals surface area contributed by atoms with Crippen molar-refractivity contribution in [2.24, 2.45) is 5.92 Å². The summed E-state index contributed by atoms with van der Waals surface area (Å²) in [6.07, 6.45) is -0.790. The molecule has 14 heteroatoms. The summed E-state index contributed by atoms with van der Waals surface area (Å²) in [5, 5.41) is 7.52. The van der Waals surface area contributed by atoms with Crippen molar-refractivity contribution in [2.45, 2.75) is 37.8 Å². The highest BCUT2D eigenvalue weighted by Gasteiger charge is 2.37. The van der Waals surface area contributed by atoms with Gasteiger partial charge in [-0.2, -0.15) is 4.31 Å². The lowest BCUT2D eigenvalue weighted by molar-refractivity contribution is -0.142. The Bertz CT molecular complexity index is 2070. The second kappa shape index (κ2) is 14.9. The molecule has 0 aliphatic carbocycles. The molecular weight excluding hydrogens is 676 g/mol. The number of amides is 3. The first-order valence-electron chi connectivity index (χ1n) is 16.6. The van der Waals surface area contributed by atoms with E-state index in [9.17, 15) is 22.8 Å². The van der Waals surface area contributed by atoms with Crippen LogP contribution in [-0.4, -0.2) is 87.6 Å².